The van der Waals surface area contributed by atoms with Gasteiger partial charge in [-0.05, 0) is 37.1 Å². The van der Waals surface area contributed by atoms with Gasteiger partial charge in [0, 0.05) is 0 Å². The molecule has 1 unspecified atom stereocenters. The van der Waals surface area contributed by atoms with Gasteiger partial charge in [-0.2, -0.15) is 0 Å². The molecule has 4 rings (SSSR count). The molecular formula is C18H20N6O. The smallest absolute Gasteiger partial charge is 0.176 e. The van der Waals surface area contributed by atoms with Gasteiger partial charge in [-0.3, -0.25) is 0 Å². The van der Waals surface area contributed by atoms with E-state index in [2.05, 4.69) is 20.6 Å². The van der Waals surface area contributed by atoms with Crippen molar-refractivity contribution in [2.75, 3.05) is 0 Å². The summed E-state index contributed by atoms with van der Waals surface area (Å²) in [6.45, 7) is 5.76. The largest absolute Gasteiger partial charge is 0.386 e. The lowest BCUT2D eigenvalue weighted by molar-refractivity contribution is -0.0527. The normalized spacial score (nSPS) is 14.6. The summed E-state index contributed by atoms with van der Waals surface area (Å²) in [6.07, 6.45) is -0.577. The summed E-state index contributed by atoms with van der Waals surface area (Å²) in [6, 6.07) is 15.4. The minimum absolute atomic E-state index is 0.0385. The highest BCUT2D eigenvalue weighted by molar-refractivity contribution is 5.75. The van der Waals surface area contributed by atoms with Crippen molar-refractivity contribution < 1.29 is 5.11 Å². The highest BCUT2D eigenvalue weighted by Gasteiger charge is 2.41. The molecule has 0 bridgehead atoms. The second kappa shape index (κ2) is 5.63. The van der Waals surface area contributed by atoms with Gasteiger partial charge in [0.25, 0.3) is 0 Å². The van der Waals surface area contributed by atoms with Crippen molar-refractivity contribution in [2.45, 2.75) is 32.5 Å². The van der Waals surface area contributed by atoms with Crippen LogP contribution in [0.1, 0.15) is 26.9 Å². The van der Waals surface area contributed by atoms with Crippen LogP contribution in [0.5, 0.6) is 0 Å². The van der Waals surface area contributed by atoms with Crippen molar-refractivity contribution in [2.24, 2.45) is 5.92 Å². The summed E-state index contributed by atoms with van der Waals surface area (Å²) in [7, 11) is 0. The fourth-order valence-electron chi connectivity index (χ4n) is 3.03. The number of rotatable bonds is 4. The van der Waals surface area contributed by atoms with Crippen molar-refractivity contribution >= 4 is 22.1 Å². The van der Waals surface area contributed by atoms with Crippen LogP contribution >= 0.6 is 0 Å². The Kier molecular flexibility index (Phi) is 3.54. The van der Waals surface area contributed by atoms with Gasteiger partial charge in [-0.15, -0.1) is 10.2 Å². The number of benzene rings is 2. The first-order chi connectivity index (χ1) is 12.0. The summed E-state index contributed by atoms with van der Waals surface area (Å²) in [5.74, 6) is -0.0385. The Morgan fingerprint density at radius 3 is 1.72 bits per heavy atom. The van der Waals surface area contributed by atoms with E-state index in [-0.39, 0.29) is 5.92 Å². The Balaban J connectivity index is 2.00. The summed E-state index contributed by atoms with van der Waals surface area (Å²) in [4.78, 5) is 0. The average molecular weight is 336 g/mol. The van der Waals surface area contributed by atoms with Crippen LogP contribution in [0.2, 0.25) is 0 Å². The molecule has 2 heterocycles. The van der Waals surface area contributed by atoms with E-state index in [1.807, 2.05) is 62.4 Å². The monoisotopic (exact) mass is 336 g/mol. The summed E-state index contributed by atoms with van der Waals surface area (Å²) < 4.78 is 3.47. The van der Waals surface area contributed by atoms with Gasteiger partial charge in [0.05, 0.1) is 11.0 Å². The zero-order valence-corrected chi connectivity index (χ0v) is 14.4. The van der Waals surface area contributed by atoms with Crippen LogP contribution in [0, 0.1) is 5.92 Å². The molecule has 1 N–H and O–H groups in total. The second-order valence-electron chi connectivity index (χ2n) is 6.80. The Hall–Kier alpha value is -2.80. The molecule has 25 heavy (non-hydrogen) atoms. The van der Waals surface area contributed by atoms with E-state index in [0.29, 0.717) is 0 Å². The maximum Gasteiger partial charge on any atom is 0.176 e. The molecule has 128 valence electrons. The molecule has 7 nitrogen and oxygen atoms in total. The van der Waals surface area contributed by atoms with E-state index >= 15 is 0 Å². The van der Waals surface area contributed by atoms with Crippen LogP contribution in [0.15, 0.2) is 48.5 Å². The molecule has 0 aliphatic heterocycles. The molecule has 0 amide bonds. The number of aliphatic hydroxyl groups is 1. The van der Waals surface area contributed by atoms with Crippen LogP contribution in [0.25, 0.3) is 22.1 Å². The van der Waals surface area contributed by atoms with Crippen molar-refractivity contribution in [1.29, 1.82) is 0 Å². The highest BCUT2D eigenvalue weighted by atomic mass is 16.3. The lowest BCUT2D eigenvalue weighted by atomic mass is 9.89. The molecule has 7 heteroatoms. The van der Waals surface area contributed by atoms with E-state index in [9.17, 15) is 5.11 Å². The fraction of sp³-hybridized carbons (Fsp3) is 0.333. The summed E-state index contributed by atoms with van der Waals surface area (Å²) in [5, 5.41) is 28.5. The first-order valence-corrected chi connectivity index (χ1v) is 8.32. The molecule has 0 saturated heterocycles. The minimum atomic E-state index is -1.12. The van der Waals surface area contributed by atoms with E-state index in [0.717, 1.165) is 22.1 Å². The standard InChI is InChI=1S/C18H20N6O/c1-12(2)18(3,25)17(23-15-10-6-4-8-13(15)19-21-23)24-16-11-7-5-9-14(16)20-22-24/h4-12,17,25H,1-3H3. The summed E-state index contributed by atoms with van der Waals surface area (Å²) >= 11 is 0. The lowest BCUT2D eigenvalue weighted by Gasteiger charge is -2.36. The molecule has 4 aromatic rings. The van der Waals surface area contributed by atoms with E-state index in [1.165, 1.54) is 0 Å². The third-order valence-electron chi connectivity index (χ3n) is 4.91. The van der Waals surface area contributed by atoms with Crippen molar-refractivity contribution in [3.05, 3.63) is 48.5 Å². The molecule has 0 radical (unpaired) electrons. The zero-order chi connectivity index (χ0) is 17.6. The Labute approximate surface area is 144 Å². The number of para-hydroxylation sites is 2. The van der Waals surface area contributed by atoms with Gasteiger partial charge in [-0.25, -0.2) is 9.36 Å². The third kappa shape index (κ3) is 2.39. The molecule has 2 aromatic heterocycles. The maximum atomic E-state index is 11.3. The number of nitrogens with zero attached hydrogens (tertiary/aromatic N) is 6. The summed E-state index contributed by atoms with van der Waals surface area (Å²) in [5.41, 5.74) is 2.11. The molecule has 2 aromatic carbocycles. The van der Waals surface area contributed by atoms with E-state index in [4.69, 9.17) is 0 Å². The van der Waals surface area contributed by atoms with Gasteiger partial charge >= 0.3 is 0 Å². The second-order valence-corrected chi connectivity index (χ2v) is 6.80. The molecule has 1 atom stereocenters. The molecule has 0 saturated carbocycles. The van der Waals surface area contributed by atoms with Gasteiger partial charge < -0.3 is 5.11 Å². The van der Waals surface area contributed by atoms with Crippen molar-refractivity contribution in [3.63, 3.8) is 0 Å². The van der Waals surface area contributed by atoms with Crippen LogP contribution in [-0.2, 0) is 0 Å². The van der Waals surface area contributed by atoms with Gasteiger partial charge in [0.2, 0.25) is 0 Å². The molecular weight excluding hydrogens is 316 g/mol. The van der Waals surface area contributed by atoms with E-state index < -0.39 is 11.8 Å². The Bertz CT molecular complexity index is 958. The predicted molar refractivity (Wildman–Crippen MR) is 95.0 cm³/mol. The molecule has 0 aliphatic rings. The zero-order valence-electron chi connectivity index (χ0n) is 14.4. The number of aromatic nitrogens is 6. The Morgan fingerprint density at radius 2 is 1.28 bits per heavy atom. The van der Waals surface area contributed by atoms with Gasteiger partial charge in [0.15, 0.2) is 6.17 Å². The fourth-order valence-corrected chi connectivity index (χ4v) is 3.03. The Morgan fingerprint density at radius 1 is 0.840 bits per heavy atom. The van der Waals surface area contributed by atoms with Crippen LogP contribution in [-0.4, -0.2) is 40.7 Å². The number of hydrogen-bond donors (Lipinski definition) is 1. The topological polar surface area (TPSA) is 81.6 Å². The number of fused-ring (bicyclic) bond motifs is 2. The first-order valence-electron chi connectivity index (χ1n) is 8.32. The molecule has 0 fully saturated rings. The van der Waals surface area contributed by atoms with Crippen LogP contribution in [0.4, 0.5) is 0 Å². The van der Waals surface area contributed by atoms with Crippen molar-refractivity contribution in [1.82, 2.24) is 30.0 Å². The van der Waals surface area contributed by atoms with Gasteiger partial charge in [0.1, 0.15) is 16.6 Å². The van der Waals surface area contributed by atoms with E-state index in [1.54, 1.807) is 16.3 Å². The quantitative estimate of drug-likeness (QED) is 0.619. The van der Waals surface area contributed by atoms with Crippen LogP contribution in [0.3, 0.4) is 0 Å². The third-order valence-corrected chi connectivity index (χ3v) is 4.91. The minimum Gasteiger partial charge on any atom is -0.386 e. The molecule has 0 aliphatic carbocycles. The lowest BCUT2D eigenvalue weighted by Crippen LogP contribution is -2.46. The van der Waals surface area contributed by atoms with Gasteiger partial charge in [-0.1, -0.05) is 48.5 Å². The highest BCUT2D eigenvalue weighted by Crippen LogP contribution is 2.34. The maximum absolute atomic E-state index is 11.3. The molecule has 0 spiro atoms. The first kappa shape index (κ1) is 15.7. The van der Waals surface area contributed by atoms with Crippen molar-refractivity contribution in [3.8, 4) is 0 Å². The SMILES string of the molecule is CC(C)C(C)(O)C(n1nnc2ccccc21)n1nnc2ccccc21. The average Bonchev–Trinajstić information content (AvgIpc) is 3.20. The predicted octanol–water partition coefficient (Wildman–Crippen LogP) is 2.63. The van der Waals surface area contributed by atoms with Crippen LogP contribution < -0.4 is 0 Å². The number of hydrogen-bond acceptors (Lipinski definition) is 5.